The molecular formula is C24H30Br2CaCl2F2NO10+. The number of carbonyl (C=O) groups excluding carboxylic acids is 2. The van der Waals surface area contributed by atoms with E-state index in [1.807, 2.05) is 0 Å². The first kappa shape index (κ1) is 47.9. The number of aliphatic hydroxyl groups excluding tert-OH is 2. The topological polar surface area (TPSA) is 144 Å². The summed E-state index contributed by atoms with van der Waals surface area (Å²) in [5.74, 6) is -1.36. The third-order valence-electron chi connectivity index (χ3n) is 4.37. The van der Waals surface area contributed by atoms with Gasteiger partial charge in [0.1, 0.15) is 23.1 Å². The van der Waals surface area contributed by atoms with Crippen LogP contribution in [0.2, 0.25) is 0 Å². The summed E-state index contributed by atoms with van der Waals surface area (Å²) in [4.78, 5) is 21.1. The summed E-state index contributed by atoms with van der Waals surface area (Å²) in [7, 11) is 6.50. The third kappa shape index (κ3) is 18.0. The van der Waals surface area contributed by atoms with Gasteiger partial charge in [0.25, 0.3) is 12.5 Å². The van der Waals surface area contributed by atoms with Gasteiger partial charge in [-0.2, -0.15) is 0 Å². The molecule has 0 fully saturated rings. The maximum Gasteiger partial charge on any atom is 2.00 e. The molecule has 0 aliphatic rings. The molecule has 0 aliphatic heterocycles. The minimum absolute atomic E-state index is 0. The fourth-order valence-corrected chi connectivity index (χ4v) is 3.97. The van der Waals surface area contributed by atoms with Gasteiger partial charge in [0.2, 0.25) is 6.54 Å². The predicted molar refractivity (Wildman–Crippen MR) is 147 cm³/mol. The van der Waals surface area contributed by atoms with E-state index in [0.717, 1.165) is 6.21 Å². The Hall–Kier alpha value is -1.01. The van der Waals surface area contributed by atoms with Crippen LogP contribution in [0.25, 0.3) is 0 Å². The van der Waals surface area contributed by atoms with Crippen molar-refractivity contribution < 1.29 is 87.0 Å². The first-order chi connectivity index (χ1) is 18.4. The molecule has 1 unspecified atom stereocenters. The summed E-state index contributed by atoms with van der Waals surface area (Å²) in [6, 6.07) is 5.14. The molecular weight excluding hydrogens is 771 g/mol. The standard InChI is InChI=1S/C11H12BrFNO4.C9H10BrFO2.C4H8O4.Ca.2ClH/c1-17-10(15)6-14(16)5-7-3-8(13)4-9(12)11(7)18-2;1-13-9-6(2-3-12)4-7(11)5-8(9)10;1-7-3(5)4(6)8-2;;;/h3-4,6,16H,5H2,1-2H3;4-5,12H,2-3H2,1H3;3,5H,1-2H3;;2*1H/q+1;;;+2;;/p-2/b14-6-;;;;;. The molecule has 42 heavy (non-hydrogen) atoms. The average Bonchev–Trinajstić information content (AvgIpc) is 2.88. The molecule has 0 spiro atoms. The maximum absolute atomic E-state index is 13.2. The van der Waals surface area contributed by atoms with Crippen LogP contribution in [0.1, 0.15) is 11.1 Å². The van der Waals surface area contributed by atoms with Gasteiger partial charge < -0.3 is 58.7 Å². The van der Waals surface area contributed by atoms with E-state index >= 15 is 0 Å². The Morgan fingerprint density at radius 3 is 1.71 bits per heavy atom. The Morgan fingerprint density at radius 1 is 0.905 bits per heavy atom. The Kier molecular flexibility index (Phi) is 30.1. The van der Waals surface area contributed by atoms with Crippen molar-refractivity contribution in [2.24, 2.45) is 0 Å². The summed E-state index contributed by atoms with van der Waals surface area (Å²) in [5, 5.41) is 26.6. The Labute approximate surface area is 301 Å². The smallest absolute Gasteiger partial charge is 1.00 e. The number of carbonyl (C=O) groups is 2. The molecule has 0 aliphatic carbocycles. The molecule has 11 nitrogen and oxygen atoms in total. The Morgan fingerprint density at radius 2 is 1.36 bits per heavy atom. The van der Waals surface area contributed by atoms with E-state index in [4.69, 9.17) is 19.7 Å². The molecule has 2 aromatic rings. The van der Waals surface area contributed by atoms with E-state index < -0.39 is 24.0 Å². The molecule has 2 rings (SSSR count). The number of ether oxygens (including phenoxy) is 5. The van der Waals surface area contributed by atoms with Gasteiger partial charge in [0.05, 0.1) is 42.9 Å². The fourth-order valence-electron chi connectivity index (χ4n) is 2.70. The first-order valence-corrected chi connectivity index (χ1v) is 12.3. The monoisotopic (exact) mass is 798 g/mol. The number of aliphatic hydroxyl groups is 2. The molecule has 234 valence electrons. The molecule has 0 bridgehead atoms. The van der Waals surface area contributed by atoms with Crippen LogP contribution in [-0.2, 0) is 36.8 Å². The van der Waals surface area contributed by atoms with Crippen LogP contribution in [0, 0.1) is 11.6 Å². The van der Waals surface area contributed by atoms with Crippen molar-refractivity contribution >= 4 is 87.8 Å². The number of hydroxylamine groups is 1. The van der Waals surface area contributed by atoms with Crippen molar-refractivity contribution in [1.29, 1.82) is 0 Å². The number of benzene rings is 2. The van der Waals surface area contributed by atoms with E-state index in [-0.39, 0.29) is 81.5 Å². The van der Waals surface area contributed by atoms with Crippen molar-refractivity contribution in [3.05, 3.63) is 56.0 Å². The largest absolute Gasteiger partial charge is 2.00 e. The van der Waals surface area contributed by atoms with Gasteiger partial charge in [-0.05, 0) is 67.3 Å². The van der Waals surface area contributed by atoms with Gasteiger partial charge in [0, 0.05) is 19.3 Å². The summed E-state index contributed by atoms with van der Waals surface area (Å²) in [5.41, 5.74) is 1.05. The zero-order valence-corrected chi connectivity index (χ0v) is 30.1. The predicted octanol–water partition coefficient (Wildman–Crippen LogP) is -3.37. The van der Waals surface area contributed by atoms with Crippen molar-refractivity contribution in [2.45, 2.75) is 19.3 Å². The van der Waals surface area contributed by atoms with Crippen LogP contribution in [0.4, 0.5) is 8.78 Å². The normalized spacial score (nSPS) is 10.4. The molecule has 0 saturated heterocycles. The van der Waals surface area contributed by atoms with Crippen LogP contribution in [0.15, 0.2) is 33.2 Å². The second-order valence-electron chi connectivity index (χ2n) is 6.99. The molecule has 0 amide bonds. The van der Waals surface area contributed by atoms with Crippen LogP contribution >= 0.6 is 31.9 Å². The molecule has 18 heteroatoms. The maximum atomic E-state index is 13.2. The second-order valence-corrected chi connectivity index (χ2v) is 8.70. The number of methoxy groups -OCH3 is 5. The van der Waals surface area contributed by atoms with Gasteiger partial charge in [0.15, 0.2) is 0 Å². The molecule has 0 heterocycles. The summed E-state index contributed by atoms with van der Waals surface area (Å²) in [6.45, 7) is -0.138. The molecule has 1 atom stereocenters. The van der Waals surface area contributed by atoms with Gasteiger partial charge in [-0.15, -0.1) is 0 Å². The third-order valence-corrected chi connectivity index (χ3v) is 5.55. The van der Waals surface area contributed by atoms with Gasteiger partial charge >= 0.3 is 49.7 Å². The van der Waals surface area contributed by atoms with E-state index in [1.165, 1.54) is 59.8 Å². The number of esters is 2. The van der Waals surface area contributed by atoms with E-state index in [0.29, 0.717) is 42.7 Å². The molecule has 3 N–H and O–H groups in total. The van der Waals surface area contributed by atoms with Crippen LogP contribution < -0.4 is 34.3 Å². The van der Waals surface area contributed by atoms with Crippen molar-refractivity contribution in [1.82, 2.24) is 0 Å². The summed E-state index contributed by atoms with van der Waals surface area (Å²) < 4.78 is 50.5. The van der Waals surface area contributed by atoms with Gasteiger partial charge in [-0.3, -0.25) is 5.21 Å². The average molecular weight is 801 g/mol. The number of halogens is 6. The van der Waals surface area contributed by atoms with Crippen molar-refractivity contribution in [2.75, 3.05) is 42.2 Å². The van der Waals surface area contributed by atoms with E-state index in [9.17, 15) is 23.6 Å². The zero-order valence-electron chi connectivity index (χ0n) is 23.2. The minimum Gasteiger partial charge on any atom is -1.00 e. The van der Waals surface area contributed by atoms with Crippen LogP contribution in [-0.4, -0.2) is 124 Å². The van der Waals surface area contributed by atoms with E-state index in [2.05, 4.69) is 46.1 Å². The van der Waals surface area contributed by atoms with E-state index in [1.54, 1.807) is 0 Å². The Balaban J connectivity index is -0.000000267. The molecule has 0 aromatic heterocycles. The number of hydrogen-bond donors (Lipinski definition) is 3. The van der Waals surface area contributed by atoms with Crippen molar-refractivity contribution in [3.8, 4) is 11.5 Å². The number of nitrogens with zero attached hydrogens (tertiary/aromatic N) is 1. The SMILES string of the molecule is COC(=O)/C=[N+](\O)Cc1cc(F)cc(Br)c1OC.COC(=O)C(O)OC.COc1c(Br)cc(F)cc1CCO.[Ca+2].[Cl-].[Cl-]. The van der Waals surface area contributed by atoms with Crippen LogP contribution in [0.3, 0.4) is 0 Å². The summed E-state index contributed by atoms with van der Waals surface area (Å²) >= 11 is 6.33. The summed E-state index contributed by atoms with van der Waals surface area (Å²) in [6.07, 6.45) is -0.211. The fraction of sp³-hybridized carbons (Fsp3) is 0.375. The quantitative estimate of drug-likeness (QED) is 0.0448. The molecule has 2 aromatic carbocycles. The second kappa shape index (κ2) is 26.4. The number of hydrogen-bond acceptors (Lipinski definition) is 10. The molecule has 0 saturated carbocycles. The van der Waals surface area contributed by atoms with Gasteiger partial charge in [-0.25, -0.2) is 18.4 Å². The zero-order chi connectivity index (χ0) is 30.1. The molecule has 0 radical (unpaired) electrons. The minimum atomic E-state index is -1.44. The van der Waals surface area contributed by atoms with Crippen LogP contribution in [0.5, 0.6) is 11.5 Å². The van der Waals surface area contributed by atoms with Gasteiger partial charge in [-0.1, -0.05) is 0 Å². The van der Waals surface area contributed by atoms with Crippen molar-refractivity contribution in [3.63, 3.8) is 0 Å². The Bertz CT molecular complexity index is 1140. The first-order valence-electron chi connectivity index (χ1n) is 10.7. The number of rotatable bonds is 9.